The van der Waals surface area contributed by atoms with Crippen LogP contribution in [0.15, 0.2) is 48.5 Å². The average molecular weight is 352 g/mol. The molecule has 1 aliphatic heterocycles. The van der Waals surface area contributed by atoms with Gasteiger partial charge in [0.15, 0.2) is 0 Å². The van der Waals surface area contributed by atoms with Gasteiger partial charge in [-0.2, -0.15) is 0 Å². The fourth-order valence-corrected chi connectivity index (χ4v) is 3.43. The van der Waals surface area contributed by atoms with Crippen LogP contribution in [0.2, 0.25) is 0 Å². The van der Waals surface area contributed by atoms with Crippen LogP contribution < -0.4 is 10.1 Å². The van der Waals surface area contributed by atoms with Gasteiger partial charge in [0.1, 0.15) is 5.75 Å². The van der Waals surface area contributed by atoms with Gasteiger partial charge in [-0.1, -0.05) is 42.8 Å². The molecule has 1 amide bonds. The molecule has 1 heterocycles. The number of benzene rings is 2. The zero-order valence-electron chi connectivity index (χ0n) is 15.5. The summed E-state index contributed by atoms with van der Waals surface area (Å²) in [5, 5.41) is 3.06. The van der Waals surface area contributed by atoms with E-state index in [4.69, 9.17) is 4.74 Å². The van der Waals surface area contributed by atoms with Crippen molar-refractivity contribution in [3.05, 3.63) is 65.2 Å². The van der Waals surface area contributed by atoms with Crippen LogP contribution in [-0.2, 0) is 24.3 Å². The highest BCUT2D eigenvalue weighted by Gasteiger charge is 2.13. The smallest absolute Gasteiger partial charge is 0.224 e. The van der Waals surface area contributed by atoms with Gasteiger partial charge in [-0.15, -0.1) is 0 Å². The minimum absolute atomic E-state index is 0.0444. The zero-order chi connectivity index (χ0) is 18.2. The molecule has 3 rings (SSSR count). The number of rotatable bonds is 7. The number of nitrogens with one attached hydrogen (secondary N) is 1. The largest absolute Gasteiger partial charge is 0.497 e. The fourth-order valence-electron chi connectivity index (χ4n) is 3.43. The van der Waals surface area contributed by atoms with Crippen LogP contribution in [0.1, 0.15) is 36.0 Å². The molecular weight excluding hydrogens is 324 g/mol. The van der Waals surface area contributed by atoms with E-state index in [1.165, 1.54) is 43.5 Å². The van der Waals surface area contributed by atoms with Crippen molar-refractivity contribution < 1.29 is 9.53 Å². The molecule has 1 fully saturated rings. The van der Waals surface area contributed by atoms with Crippen molar-refractivity contribution in [1.29, 1.82) is 0 Å². The monoisotopic (exact) mass is 352 g/mol. The Kier molecular flexibility index (Phi) is 6.67. The number of nitrogens with zero attached hydrogens (tertiary/aromatic N) is 1. The number of ether oxygens (including phenoxy) is 1. The van der Waals surface area contributed by atoms with Crippen LogP contribution in [0.5, 0.6) is 5.75 Å². The number of carbonyl (C=O) groups is 1. The molecule has 0 bridgehead atoms. The molecule has 1 aliphatic rings. The van der Waals surface area contributed by atoms with Crippen molar-refractivity contribution in [2.75, 3.05) is 20.2 Å². The van der Waals surface area contributed by atoms with Gasteiger partial charge >= 0.3 is 0 Å². The molecule has 0 unspecified atom stereocenters. The number of likely N-dealkylation sites (tertiary alicyclic amines) is 1. The third-order valence-corrected chi connectivity index (χ3v) is 4.96. The predicted octanol–water partition coefficient (Wildman–Crippen LogP) is 3.54. The molecule has 4 nitrogen and oxygen atoms in total. The molecule has 0 aliphatic carbocycles. The van der Waals surface area contributed by atoms with Crippen molar-refractivity contribution in [3.8, 4) is 5.75 Å². The number of carbonyl (C=O) groups excluding carboxylic acids is 1. The Balaban J connectivity index is 1.54. The first-order valence-corrected chi connectivity index (χ1v) is 9.43. The highest BCUT2D eigenvalue weighted by atomic mass is 16.5. The molecule has 0 aromatic heterocycles. The van der Waals surface area contributed by atoms with Crippen LogP contribution >= 0.6 is 0 Å². The molecule has 0 saturated carbocycles. The Bertz CT molecular complexity index is 706. The Morgan fingerprint density at radius 1 is 1.00 bits per heavy atom. The molecular formula is C22H28N2O2. The molecule has 0 atom stereocenters. The van der Waals surface area contributed by atoms with Crippen molar-refractivity contribution in [3.63, 3.8) is 0 Å². The quantitative estimate of drug-likeness (QED) is 0.829. The van der Waals surface area contributed by atoms with E-state index in [0.717, 1.165) is 17.9 Å². The van der Waals surface area contributed by atoms with Gasteiger partial charge in [-0.05, 0) is 54.8 Å². The SMILES string of the molecule is COc1ccc(CC(=O)NCc2ccccc2CN2CCCCC2)cc1. The molecule has 2 aromatic carbocycles. The van der Waals surface area contributed by atoms with E-state index in [0.29, 0.717) is 13.0 Å². The normalized spacial score (nSPS) is 14.8. The van der Waals surface area contributed by atoms with Gasteiger partial charge in [-0.25, -0.2) is 0 Å². The highest BCUT2D eigenvalue weighted by molar-refractivity contribution is 5.78. The van der Waals surface area contributed by atoms with Crippen LogP contribution in [0.25, 0.3) is 0 Å². The average Bonchev–Trinajstić information content (AvgIpc) is 2.69. The molecule has 1 saturated heterocycles. The number of methoxy groups -OCH3 is 1. The molecule has 1 N–H and O–H groups in total. The molecule has 138 valence electrons. The first-order valence-electron chi connectivity index (χ1n) is 9.43. The number of amides is 1. The Labute approximate surface area is 156 Å². The summed E-state index contributed by atoms with van der Waals surface area (Å²) in [4.78, 5) is 14.8. The van der Waals surface area contributed by atoms with Gasteiger partial charge in [0.25, 0.3) is 0 Å². The van der Waals surface area contributed by atoms with E-state index >= 15 is 0 Å². The first-order chi connectivity index (χ1) is 12.7. The second kappa shape index (κ2) is 9.39. The topological polar surface area (TPSA) is 41.6 Å². The van der Waals surface area contributed by atoms with Crippen molar-refractivity contribution in [2.45, 2.75) is 38.8 Å². The number of piperidine rings is 1. The van der Waals surface area contributed by atoms with Gasteiger partial charge in [-0.3, -0.25) is 9.69 Å². The van der Waals surface area contributed by atoms with Crippen LogP contribution in [0, 0.1) is 0 Å². The van der Waals surface area contributed by atoms with Gasteiger partial charge < -0.3 is 10.1 Å². The minimum Gasteiger partial charge on any atom is -0.497 e. The van der Waals surface area contributed by atoms with Crippen molar-refractivity contribution in [2.24, 2.45) is 0 Å². The Morgan fingerprint density at radius 3 is 2.38 bits per heavy atom. The van der Waals surface area contributed by atoms with Crippen molar-refractivity contribution in [1.82, 2.24) is 10.2 Å². The Morgan fingerprint density at radius 2 is 1.69 bits per heavy atom. The lowest BCUT2D eigenvalue weighted by Crippen LogP contribution is -2.30. The van der Waals surface area contributed by atoms with Crippen molar-refractivity contribution >= 4 is 5.91 Å². The first kappa shape index (κ1) is 18.5. The summed E-state index contributed by atoms with van der Waals surface area (Å²) >= 11 is 0. The van der Waals surface area contributed by atoms with Crippen LogP contribution in [0.3, 0.4) is 0 Å². The van der Waals surface area contributed by atoms with Gasteiger partial charge in [0.2, 0.25) is 5.91 Å². The van der Waals surface area contributed by atoms with E-state index in [2.05, 4.69) is 28.4 Å². The van der Waals surface area contributed by atoms with E-state index in [-0.39, 0.29) is 5.91 Å². The lowest BCUT2D eigenvalue weighted by atomic mass is 10.0. The summed E-state index contributed by atoms with van der Waals surface area (Å²) in [6.45, 7) is 3.92. The summed E-state index contributed by atoms with van der Waals surface area (Å²) in [7, 11) is 1.64. The van der Waals surface area contributed by atoms with E-state index in [9.17, 15) is 4.79 Å². The van der Waals surface area contributed by atoms with E-state index in [1.54, 1.807) is 7.11 Å². The van der Waals surface area contributed by atoms with Crippen LogP contribution in [0.4, 0.5) is 0 Å². The summed E-state index contributed by atoms with van der Waals surface area (Å²) in [6.07, 6.45) is 4.32. The molecule has 2 aromatic rings. The predicted molar refractivity (Wildman–Crippen MR) is 104 cm³/mol. The standard InChI is InChI=1S/C22H28N2O2/c1-26-21-11-9-18(10-12-21)15-22(25)23-16-19-7-3-4-8-20(19)17-24-13-5-2-6-14-24/h3-4,7-12H,2,5-6,13-17H2,1H3,(H,23,25). The maximum atomic E-state index is 12.3. The third kappa shape index (κ3) is 5.33. The summed E-state index contributed by atoms with van der Waals surface area (Å²) in [5.41, 5.74) is 3.52. The minimum atomic E-state index is 0.0444. The summed E-state index contributed by atoms with van der Waals surface area (Å²) in [5.74, 6) is 0.851. The molecule has 26 heavy (non-hydrogen) atoms. The van der Waals surface area contributed by atoms with Gasteiger partial charge in [0.05, 0.1) is 13.5 Å². The number of hydrogen-bond acceptors (Lipinski definition) is 3. The summed E-state index contributed by atoms with van der Waals surface area (Å²) in [6, 6.07) is 16.1. The fraction of sp³-hybridized carbons (Fsp3) is 0.409. The molecule has 0 radical (unpaired) electrons. The second-order valence-corrected chi connectivity index (χ2v) is 6.91. The van der Waals surface area contributed by atoms with E-state index in [1.807, 2.05) is 30.3 Å². The summed E-state index contributed by atoms with van der Waals surface area (Å²) < 4.78 is 5.15. The second-order valence-electron chi connectivity index (χ2n) is 6.91. The lowest BCUT2D eigenvalue weighted by Gasteiger charge is -2.27. The Hall–Kier alpha value is -2.33. The highest BCUT2D eigenvalue weighted by Crippen LogP contribution is 2.16. The van der Waals surface area contributed by atoms with Gasteiger partial charge in [0, 0.05) is 13.1 Å². The maximum absolute atomic E-state index is 12.3. The lowest BCUT2D eigenvalue weighted by molar-refractivity contribution is -0.120. The molecule has 4 heteroatoms. The maximum Gasteiger partial charge on any atom is 0.224 e. The van der Waals surface area contributed by atoms with E-state index < -0.39 is 0 Å². The number of hydrogen-bond donors (Lipinski definition) is 1. The third-order valence-electron chi connectivity index (χ3n) is 4.96. The van der Waals surface area contributed by atoms with Crippen LogP contribution in [-0.4, -0.2) is 31.0 Å². The zero-order valence-corrected chi connectivity index (χ0v) is 15.5. The molecule has 0 spiro atoms.